The predicted molar refractivity (Wildman–Crippen MR) is 126 cm³/mol. The molecular formula is C26H32N4O2. The highest BCUT2D eigenvalue weighted by molar-refractivity contribution is 5.83. The van der Waals surface area contributed by atoms with E-state index in [9.17, 15) is 9.59 Å². The molecule has 0 N–H and O–H groups in total. The van der Waals surface area contributed by atoms with Gasteiger partial charge in [0.05, 0.1) is 12.5 Å². The summed E-state index contributed by atoms with van der Waals surface area (Å²) in [6.45, 7) is 6.55. The van der Waals surface area contributed by atoms with E-state index >= 15 is 0 Å². The van der Waals surface area contributed by atoms with Crippen molar-refractivity contribution in [3.63, 3.8) is 0 Å². The Hall–Kier alpha value is -3.15. The van der Waals surface area contributed by atoms with Crippen LogP contribution in [-0.4, -0.2) is 38.2 Å². The summed E-state index contributed by atoms with van der Waals surface area (Å²) in [5.41, 5.74) is 2.09. The quantitative estimate of drug-likeness (QED) is 0.567. The van der Waals surface area contributed by atoms with Gasteiger partial charge < -0.3 is 4.90 Å². The van der Waals surface area contributed by atoms with Crippen LogP contribution in [0.2, 0.25) is 0 Å². The Morgan fingerprint density at radius 2 is 1.62 bits per heavy atom. The van der Waals surface area contributed by atoms with Gasteiger partial charge in [-0.05, 0) is 37.3 Å². The number of hydrogen-bond acceptors (Lipinski definition) is 3. The number of carbonyl (C=O) groups excluding carboxylic acids is 1. The van der Waals surface area contributed by atoms with Crippen LogP contribution >= 0.6 is 0 Å². The Labute approximate surface area is 189 Å². The number of likely N-dealkylation sites (tertiary alicyclic amines) is 1. The molecular weight excluding hydrogens is 400 g/mol. The van der Waals surface area contributed by atoms with Crippen LogP contribution in [0.15, 0.2) is 65.5 Å². The Morgan fingerprint density at radius 3 is 2.22 bits per heavy atom. The Morgan fingerprint density at radius 1 is 1.00 bits per heavy atom. The monoisotopic (exact) mass is 432 g/mol. The number of hydrogen-bond donors (Lipinski definition) is 0. The summed E-state index contributed by atoms with van der Waals surface area (Å²) in [4.78, 5) is 28.1. The molecule has 1 saturated heterocycles. The van der Waals surface area contributed by atoms with Crippen molar-refractivity contribution in [2.24, 2.45) is 0 Å². The van der Waals surface area contributed by atoms with Crippen LogP contribution in [0.25, 0.3) is 0 Å². The summed E-state index contributed by atoms with van der Waals surface area (Å²) < 4.78 is 3.37. The zero-order valence-electron chi connectivity index (χ0n) is 19.0. The molecule has 1 aliphatic heterocycles. The summed E-state index contributed by atoms with van der Waals surface area (Å²) in [5, 5.41) is 4.73. The van der Waals surface area contributed by atoms with Gasteiger partial charge in [0.1, 0.15) is 5.82 Å². The van der Waals surface area contributed by atoms with Crippen molar-refractivity contribution >= 4 is 5.91 Å². The maximum Gasteiger partial charge on any atom is 0.346 e. The number of piperidine rings is 1. The second-order valence-electron chi connectivity index (χ2n) is 8.50. The molecule has 6 heteroatoms. The van der Waals surface area contributed by atoms with Crippen molar-refractivity contribution in [3.05, 3.63) is 88.1 Å². The van der Waals surface area contributed by atoms with Gasteiger partial charge >= 0.3 is 5.69 Å². The van der Waals surface area contributed by atoms with Crippen molar-refractivity contribution in [1.29, 1.82) is 0 Å². The molecule has 1 amide bonds. The summed E-state index contributed by atoms with van der Waals surface area (Å²) in [7, 11) is 0. The fourth-order valence-corrected chi connectivity index (χ4v) is 4.73. The van der Waals surface area contributed by atoms with Crippen molar-refractivity contribution in [1.82, 2.24) is 19.2 Å². The van der Waals surface area contributed by atoms with E-state index in [1.54, 1.807) is 9.25 Å². The summed E-state index contributed by atoms with van der Waals surface area (Å²) >= 11 is 0. The largest absolute Gasteiger partial charge is 0.346 e. The molecule has 1 fully saturated rings. The number of carbonyl (C=O) groups is 1. The van der Waals surface area contributed by atoms with Gasteiger partial charge in [0.2, 0.25) is 5.91 Å². The summed E-state index contributed by atoms with van der Waals surface area (Å²) in [6, 6.07) is 20.0. The lowest BCUT2D eigenvalue weighted by Gasteiger charge is -2.34. The summed E-state index contributed by atoms with van der Waals surface area (Å²) in [5.74, 6) is 1.17. The van der Waals surface area contributed by atoms with E-state index in [0.29, 0.717) is 26.2 Å². The Kier molecular flexibility index (Phi) is 6.88. The van der Waals surface area contributed by atoms with Gasteiger partial charge in [-0.25, -0.2) is 9.48 Å². The number of amides is 1. The average molecular weight is 433 g/mol. The highest BCUT2D eigenvalue weighted by Crippen LogP contribution is 2.29. The molecule has 1 aliphatic rings. The first-order valence-electron chi connectivity index (χ1n) is 11.7. The topological polar surface area (TPSA) is 60.1 Å². The highest BCUT2D eigenvalue weighted by atomic mass is 16.2. The third kappa shape index (κ3) is 4.54. The van der Waals surface area contributed by atoms with Gasteiger partial charge in [0.15, 0.2) is 0 Å². The third-order valence-corrected chi connectivity index (χ3v) is 6.52. The van der Waals surface area contributed by atoms with E-state index < -0.39 is 0 Å². The minimum absolute atomic E-state index is 0.0556. The zero-order chi connectivity index (χ0) is 22.5. The SMILES string of the molecule is CCC(C(=O)N1CCC(c2nn(Cc3ccccc3)c(=O)n2CC)CC1)c1ccccc1. The molecule has 1 unspecified atom stereocenters. The maximum atomic E-state index is 13.2. The second kappa shape index (κ2) is 9.98. The van der Waals surface area contributed by atoms with Crippen LogP contribution in [0.1, 0.15) is 61.9 Å². The van der Waals surface area contributed by atoms with Crippen LogP contribution in [0.5, 0.6) is 0 Å². The molecule has 1 atom stereocenters. The van der Waals surface area contributed by atoms with Gasteiger partial charge in [0.25, 0.3) is 0 Å². The number of benzene rings is 2. The molecule has 6 nitrogen and oxygen atoms in total. The lowest BCUT2D eigenvalue weighted by atomic mass is 9.91. The average Bonchev–Trinajstić information content (AvgIpc) is 3.16. The minimum Gasteiger partial charge on any atom is -0.342 e. The molecule has 4 rings (SSSR count). The molecule has 0 aliphatic carbocycles. The smallest absolute Gasteiger partial charge is 0.342 e. The van der Waals surface area contributed by atoms with Gasteiger partial charge in [0, 0.05) is 25.6 Å². The predicted octanol–water partition coefficient (Wildman–Crippen LogP) is 4.01. The van der Waals surface area contributed by atoms with Gasteiger partial charge in [-0.3, -0.25) is 9.36 Å². The number of rotatable bonds is 7. The second-order valence-corrected chi connectivity index (χ2v) is 8.50. The van der Waals surface area contributed by atoms with Gasteiger partial charge in [-0.1, -0.05) is 67.6 Å². The first-order valence-corrected chi connectivity index (χ1v) is 11.7. The van der Waals surface area contributed by atoms with Crippen LogP contribution in [0.3, 0.4) is 0 Å². The molecule has 0 radical (unpaired) electrons. The first-order chi connectivity index (χ1) is 15.6. The fourth-order valence-electron chi connectivity index (χ4n) is 4.73. The van der Waals surface area contributed by atoms with Crippen LogP contribution in [0.4, 0.5) is 0 Å². The molecule has 168 valence electrons. The van der Waals surface area contributed by atoms with Gasteiger partial charge in [-0.15, -0.1) is 0 Å². The molecule has 0 saturated carbocycles. The number of aromatic nitrogens is 3. The maximum absolute atomic E-state index is 13.2. The Bertz CT molecular complexity index is 1080. The molecule has 3 aromatic rings. The minimum atomic E-state index is -0.0911. The standard InChI is InChI=1S/C26H32N4O2/c1-3-23(21-13-9-6-10-14-21)25(31)28-17-15-22(16-18-28)24-27-30(26(32)29(24)4-2)19-20-11-7-5-8-12-20/h5-14,22-23H,3-4,15-19H2,1-2H3. The zero-order valence-corrected chi connectivity index (χ0v) is 19.0. The lowest BCUT2D eigenvalue weighted by Crippen LogP contribution is -2.41. The number of nitrogens with zero attached hydrogens (tertiary/aromatic N) is 4. The molecule has 2 aromatic carbocycles. The third-order valence-electron chi connectivity index (χ3n) is 6.52. The molecule has 0 spiro atoms. The van der Waals surface area contributed by atoms with E-state index in [1.807, 2.05) is 72.5 Å². The Balaban J connectivity index is 1.46. The van der Waals surface area contributed by atoms with Crippen molar-refractivity contribution < 1.29 is 4.79 Å². The van der Waals surface area contributed by atoms with Crippen molar-refractivity contribution in [2.75, 3.05) is 13.1 Å². The molecule has 0 bridgehead atoms. The molecule has 32 heavy (non-hydrogen) atoms. The van der Waals surface area contributed by atoms with E-state index in [4.69, 9.17) is 5.10 Å². The first kappa shape index (κ1) is 22.1. The van der Waals surface area contributed by atoms with Crippen LogP contribution < -0.4 is 5.69 Å². The van der Waals surface area contributed by atoms with E-state index in [-0.39, 0.29) is 23.4 Å². The molecule has 2 heterocycles. The van der Waals surface area contributed by atoms with Crippen molar-refractivity contribution in [2.45, 2.75) is 58.0 Å². The van der Waals surface area contributed by atoms with E-state index in [0.717, 1.165) is 36.2 Å². The highest BCUT2D eigenvalue weighted by Gasteiger charge is 2.31. The lowest BCUT2D eigenvalue weighted by molar-refractivity contribution is -0.134. The van der Waals surface area contributed by atoms with E-state index in [2.05, 4.69) is 6.92 Å². The van der Waals surface area contributed by atoms with Crippen molar-refractivity contribution in [3.8, 4) is 0 Å². The van der Waals surface area contributed by atoms with Crippen LogP contribution in [0, 0.1) is 0 Å². The van der Waals surface area contributed by atoms with Crippen LogP contribution in [-0.2, 0) is 17.9 Å². The van der Waals surface area contributed by atoms with E-state index in [1.165, 1.54) is 0 Å². The fraction of sp³-hybridized carbons (Fsp3) is 0.423. The molecule has 1 aromatic heterocycles. The summed E-state index contributed by atoms with van der Waals surface area (Å²) in [6.07, 6.45) is 2.46. The van der Waals surface area contributed by atoms with Gasteiger partial charge in [-0.2, -0.15) is 5.10 Å². The normalized spacial score (nSPS) is 15.6.